The number of halogens is 8. The number of hydrogen-bond acceptors (Lipinski definition) is 2. The molecule has 0 spiro atoms. The number of nitrogens with one attached hydrogen (secondary N) is 1. The quantitative estimate of drug-likeness (QED) is 0.633. The van der Waals surface area contributed by atoms with Crippen LogP contribution in [0.5, 0.6) is 0 Å². The zero-order valence-corrected chi connectivity index (χ0v) is 12.7. The maximum atomic E-state index is 13.6. The number of hydrogen-bond donors (Lipinski definition) is 1. The van der Waals surface area contributed by atoms with Crippen molar-refractivity contribution in [3.63, 3.8) is 0 Å². The Morgan fingerprint density at radius 2 is 1.50 bits per heavy atom. The van der Waals surface area contributed by atoms with Gasteiger partial charge in [0, 0.05) is 31.7 Å². The van der Waals surface area contributed by atoms with Crippen LogP contribution in [0.3, 0.4) is 0 Å². The van der Waals surface area contributed by atoms with Crippen LogP contribution in [-0.2, 0) is 0 Å². The van der Waals surface area contributed by atoms with Crippen LogP contribution in [0.2, 0.25) is 0 Å². The van der Waals surface area contributed by atoms with Gasteiger partial charge >= 0.3 is 6.18 Å². The lowest BCUT2D eigenvalue weighted by molar-refractivity contribution is -0.188. The SMILES string of the molecule is Cl.Cl.Fc1ccc([C@H](N2CCNCC2)C(F)(F)F)c(F)c1F. The monoisotopic (exact) mass is 370 g/mol. The maximum absolute atomic E-state index is 13.6. The van der Waals surface area contributed by atoms with Crippen molar-refractivity contribution in [3.8, 4) is 0 Å². The third kappa shape index (κ3) is 4.41. The van der Waals surface area contributed by atoms with Gasteiger partial charge in [-0.15, -0.1) is 24.8 Å². The second-order valence-corrected chi connectivity index (χ2v) is 4.49. The third-order valence-corrected chi connectivity index (χ3v) is 3.19. The highest BCUT2D eigenvalue weighted by Crippen LogP contribution is 2.39. The molecule has 1 heterocycles. The van der Waals surface area contributed by atoms with Crippen molar-refractivity contribution in [2.75, 3.05) is 26.2 Å². The summed E-state index contributed by atoms with van der Waals surface area (Å²) in [7, 11) is 0. The fraction of sp³-hybridized carbons (Fsp3) is 0.500. The molecule has 0 amide bonds. The minimum Gasteiger partial charge on any atom is -0.314 e. The second kappa shape index (κ2) is 8.24. The Balaban J connectivity index is 0.00000220. The summed E-state index contributed by atoms with van der Waals surface area (Å²) in [6, 6.07) is -1.12. The van der Waals surface area contributed by atoms with Crippen LogP contribution in [0.15, 0.2) is 12.1 Å². The second-order valence-electron chi connectivity index (χ2n) is 4.49. The minimum atomic E-state index is -4.78. The molecule has 1 aliphatic heterocycles. The van der Waals surface area contributed by atoms with Crippen LogP contribution in [0.25, 0.3) is 0 Å². The number of piperazine rings is 1. The zero-order valence-electron chi connectivity index (χ0n) is 11.1. The Kier molecular flexibility index (Phi) is 7.97. The number of rotatable bonds is 2. The molecule has 0 unspecified atom stereocenters. The lowest BCUT2D eigenvalue weighted by Gasteiger charge is -2.36. The van der Waals surface area contributed by atoms with Crippen LogP contribution in [0.4, 0.5) is 26.3 Å². The first kappa shape index (κ1) is 21.3. The normalized spacial score (nSPS) is 17.4. The molecule has 1 aliphatic rings. The number of nitrogens with zero attached hydrogens (tertiary/aromatic N) is 1. The summed E-state index contributed by atoms with van der Waals surface area (Å²) in [6.07, 6.45) is -4.78. The van der Waals surface area contributed by atoms with Crippen molar-refractivity contribution in [3.05, 3.63) is 35.1 Å². The summed E-state index contributed by atoms with van der Waals surface area (Å²) in [5.74, 6) is -5.18. The van der Waals surface area contributed by atoms with Gasteiger partial charge < -0.3 is 5.32 Å². The van der Waals surface area contributed by atoms with Gasteiger partial charge in [0.1, 0.15) is 6.04 Å². The van der Waals surface area contributed by atoms with Crippen LogP contribution >= 0.6 is 24.8 Å². The van der Waals surface area contributed by atoms with E-state index in [1.54, 1.807) is 0 Å². The molecule has 0 aliphatic carbocycles. The molecule has 128 valence electrons. The van der Waals surface area contributed by atoms with E-state index in [1.165, 1.54) is 0 Å². The highest BCUT2D eigenvalue weighted by Gasteiger charge is 2.46. The van der Waals surface area contributed by atoms with E-state index in [-0.39, 0.29) is 37.9 Å². The van der Waals surface area contributed by atoms with Crippen molar-refractivity contribution in [1.82, 2.24) is 10.2 Å². The van der Waals surface area contributed by atoms with Crippen molar-refractivity contribution in [1.29, 1.82) is 0 Å². The van der Waals surface area contributed by atoms with Crippen molar-refractivity contribution >= 4 is 24.8 Å². The van der Waals surface area contributed by atoms with Gasteiger partial charge in [0.2, 0.25) is 0 Å². The molecule has 1 atom stereocenters. The van der Waals surface area contributed by atoms with Crippen LogP contribution < -0.4 is 5.32 Å². The standard InChI is InChI=1S/C12H12F6N2.2ClH/c13-8-2-1-7(9(14)10(8)15)11(12(16,17)18)20-5-3-19-4-6-20;;/h1-2,11,19H,3-6H2;2*1H/t11-;;/m0../s1. The van der Waals surface area contributed by atoms with Crippen LogP contribution in [-0.4, -0.2) is 37.3 Å². The highest BCUT2D eigenvalue weighted by atomic mass is 35.5. The molecule has 0 saturated carbocycles. The molecule has 1 saturated heterocycles. The van der Waals surface area contributed by atoms with E-state index in [1.807, 2.05) is 0 Å². The smallest absolute Gasteiger partial charge is 0.314 e. The first-order valence-corrected chi connectivity index (χ1v) is 5.97. The van der Waals surface area contributed by atoms with E-state index in [2.05, 4.69) is 5.32 Å². The van der Waals surface area contributed by atoms with Crippen LogP contribution in [0.1, 0.15) is 11.6 Å². The van der Waals surface area contributed by atoms with Gasteiger partial charge in [-0.25, -0.2) is 13.2 Å². The third-order valence-electron chi connectivity index (χ3n) is 3.19. The number of benzene rings is 1. The summed E-state index contributed by atoms with van der Waals surface area (Å²) < 4.78 is 79.1. The van der Waals surface area contributed by atoms with Gasteiger partial charge in [-0.1, -0.05) is 6.07 Å². The van der Waals surface area contributed by atoms with E-state index < -0.39 is 35.2 Å². The average Bonchev–Trinajstić information content (AvgIpc) is 2.39. The zero-order chi connectivity index (χ0) is 14.9. The minimum absolute atomic E-state index is 0. The van der Waals surface area contributed by atoms with Crippen molar-refractivity contribution < 1.29 is 26.3 Å². The molecule has 1 N–H and O–H groups in total. The molecule has 2 rings (SSSR count). The summed E-state index contributed by atoms with van der Waals surface area (Å²) in [4.78, 5) is 1.01. The van der Waals surface area contributed by atoms with E-state index in [9.17, 15) is 26.3 Å². The van der Waals surface area contributed by atoms with E-state index >= 15 is 0 Å². The van der Waals surface area contributed by atoms with Gasteiger partial charge in [0.25, 0.3) is 0 Å². The molecule has 10 heteroatoms. The fourth-order valence-corrected chi connectivity index (χ4v) is 2.27. The molecule has 0 radical (unpaired) electrons. The topological polar surface area (TPSA) is 15.3 Å². The Morgan fingerprint density at radius 1 is 0.955 bits per heavy atom. The average molecular weight is 371 g/mol. The van der Waals surface area contributed by atoms with Crippen LogP contribution in [0, 0.1) is 17.5 Å². The van der Waals surface area contributed by atoms with E-state index in [4.69, 9.17) is 0 Å². The molecule has 0 aromatic heterocycles. The largest absolute Gasteiger partial charge is 0.408 e. The molecule has 0 bridgehead atoms. The van der Waals surface area contributed by atoms with Gasteiger partial charge in [-0.05, 0) is 6.07 Å². The summed E-state index contributed by atoms with van der Waals surface area (Å²) >= 11 is 0. The fourth-order valence-electron chi connectivity index (χ4n) is 2.27. The molecular formula is C12H14Cl2F6N2. The predicted molar refractivity (Wildman–Crippen MR) is 74.1 cm³/mol. The Morgan fingerprint density at radius 3 is 2.00 bits per heavy atom. The Bertz CT molecular complexity index is 491. The molecule has 22 heavy (non-hydrogen) atoms. The van der Waals surface area contributed by atoms with Gasteiger partial charge in [-0.2, -0.15) is 13.2 Å². The summed E-state index contributed by atoms with van der Waals surface area (Å²) in [5.41, 5.74) is -0.890. The van der Waals surface area contributed by atoms with Crippen molar-refractivity contribution in [2.45, 2.75) is 12.2 Å². The lowest BCUT2D eigenvalue weighted by atomic mass is 10.0. The molecule has 1 fully saturated rings. The molecule has 2 nitrogen and oxygen atoms in total. The lowest BCUT2D eigenvalue weighted by Crippen LogP contribution is -2.49. The Labute approximate surface area is 135 Å². The Hall–Kier alpha value is -0.700. The first-order valence-electron chi connectivity index (χ1n) is 5.97. The molecular weight excluding hydrogens is 357 g/mol. The number of alkyl halides is 3. The van der Waals surface area contributed by atoms with Gasteiger partial charge in [0.05, 0.1) is 0 Å². The molecule has 1 aromatic rings. The first-order chi connectivity index (χ1) is 9.32. The predicted octanol–water partition coefficient (Wildman–Crippen LogP) is 3.46. The van der Waals surface area contributed by atoms with Gasteiger partial charge in [-0.3, -0.25) is 4.90 Å². The summed E-state index contributed by atoms with van der Waals surface area (Å²) in [6.45, 7) is 0.723. The summed E-state index contributed by atoms with van der Waals surface area (Å²) in [5, 5.41) is 2.87. The van der Waals surface area contributed by atoms with E-state index in [0.29, 0.717) is 25.2 Å². The molecule has 1 aromatic carbocycles. The van der Waals surface area contributed by atoms with E-state index in [0.717, 1.165) is 4.90 Å². The maximum Gasteiger partial charge on any atom is 0.408 e. The van der Waals surface area contributed by atoms with Gasteiger partial charge in [0.15, 0.2) is 17.5 Å². The van der Waals surface area contributed by atoms with Crippen molar-refractivity contribution in [2.24, 2.45) is 0 Å². The highest BCUT2D eigenvalue weighted by molar-refractivity contribution is 5.85.